The van der Waals surface area contributed by atoms with Crippen LogP contribution in [0.4, 0.5) is 0 Å². The number of hydrogen-bond acceptors (Lipinski definition) is 4. The van der Waals surface area contributed by atoms with Crippen LogP contribution >= 0.6 is 23.7 Å². The molecule has 2 aromatic rings. The van der Waals surface area contributed by atoms with Gasteiger partial charge < -0.3 is 16.0 Å². The van der Waals surface area contributed by atoms with Crippen molar-refractivity contribution < 1.29 is 9.59 Å². The van der Waals surface area contributed by atoms with Crippen molar-refractivity contribution in [2.75, 3.05) is 13.1 Å². The van der Waals surface area contributed by atoms with Crippen molar-refractivity contribution in [1.82, 2.24) is 10.2 Å². The van der Waals surface area contributed by atoms with Crippen LogP contribution in [0, 0.1) is 5.41 Å². The zero-order chi connectivity index (χ0) is 18.7. The normalized spacial score (nSPS) is 18.5. The number of likely N-dealkylation sites (tertiary alicyclic amines) is 1. The Hall–Kier alpha value is -1.89. The van der Waals surface area contributed by atoms with Crippen molar-refractivity contribution in [1.29, 1.82) is 0 Å². The Labute approximate surface area is 170 Å². The van der Waals surface area contributed by atoms with E-state index in [2.05, 4.69) is 19.2 Å². The van der Waals surface area contributed by atoms with Crippen molar-refractivity contribution in [3.63, 3.8) is 0 Å². The number of thiophene rings is 1. The molecule has 1 aromatic carbocycles. The highest BCUT2D eigenvalue weighted by atomic mass is 35.5. The molecule has 1 unspecified atom stereocenters. The second kappa shape index (κ2) is 8.87. The van der Waals surface area contributed by atoms with E-state index in [-0.39, 0.29) is 35.7 Å². The van der Waals surface area contributed by atoms with Gasteiger partial charge in [0.1, 0.15) is 0 Å². The summed E-state index contributed by atoms with van der Waals surface area (Å²) in [4.78, 5) is 27.3. The number of carbonyl (C=O) groups is 2. The number of nitrogens with two attached hydrogens (primary N) is 1. The first-order valence-corrected chi connectivity index (χ1v) is 9.70. The lowest BCUT2D eigenvalue weighted by atomic mass is 9.79. The zero-order valence-corrected chi connectivity index (χ0v) is 17.2. The summed E-state index contributed by atoms with van der Waals surface area (Å²) in [5.41, 5.74) is 7.72. The fourth-order valence-corrected chi connectivity index (χ4v) is 3.81. The Morgan fingerprint density at radius 1 is 1.26 bits per heavy atom. The highest BCUT2D eigenvalue weighted by Crippen LogP contribution is 2.28. The summed E-state index contributed by atoms with van der Waals surface area (Å²) in [7, 11) is 0. The average molecular weight is 408 g/mol. The van der Waals surface area contributed by atoms with Crippen LogP contribution in [0.15, 0.2) is 41.8 Å². The van der Waals surface area contributed by atoms with Crippen LogP contribution in [0.3, 0.4) is 0 Å². The first kappa shape index (κ1) is 21.4. The second-order valence-electron chi connectivity index (χ2n) is 7.47. The predicted molar refractivity (Wildman–Crippen MR) is 111 cm³/mol. The van der Waals surface area contributed by atoms with E-state index in [9.17, 15) is 9.59 Å². The van der Waals surface area contributed by atoms with Crippen molar-refractivity contribution in [2.24, 2.45) is 11.1 Å². The van der Waals surface area contributed by atoms with E-state index in [4.69, 9.17) is 5.73 Å². The zero-order valence-electron chi connectivity index (χ0n) is 15.6. The monoisotopic (exact) mass is 407 g/mol. The number of benzene rings is 1. The summed E-state index contributed by atoms with van der Waals surface area (Å²) in [6.07, 6.45) is 0.825. The first-order valence-electron chi connectivity index (χ1n) is 8.82. The third-order valence-corrected chi connectivity index (χ3v) is 5.87. The van der Waals surface area contributed by atoms with Crippen molar-refractivity contribution in [3.05, 3.63) is 57.8 Å². The Morgan fingerprint density at radius 3 is 2.56 bits per heavy atom. The number of piperidine rings is 1. The van der Waals surface area contributed by atoms with E-state index >= 15 is 0 Å². The standard InChI is InChI=1S/C20H25N3O2S.ClH/c1-20(2)13-23(10-9-17(20)21)19(25)15-7-5-14(6-8-15)12-22-18(24)16-4-3-11-26-16;/h3-8,11,17H,9-10,12-13,21H2,1-2H3,(H,22,24);1H. The van der Waals surface area contributed by atoms with Gasteiger partial charge in [0.2, 0.25) is 0 Å². The van der Waals surface area contributed by atoms with Gasteiger partial charge >= 0.3 is 0 Å². The highest BCUT2D eigenvalue weighted by molar-refractivity contribution is 7.12. The number of halogens is 1. The number of rotatable bonds is 4. The molecule has 0 bridgehead atoms. The third-order valence-electron chi connectivity index (χ3n) is 5.00. The number of amides is 2. The van der Waals surface area contributed by atoms with Gasteiger partial charge in [-0.1, -0.05) is 32.0 Å². The molecule has 0 aliphatic carbocycles. The lowest BCUT2D eigenvalue weighted by Crippen LogP contribution is -2.53. The molecule has 0 saturated carbocycles. The number of nitrogens with one attached hydrogen (secondary N) is 1. The number of nitrogens with zero attached hydrogens (tertiary/aromatic N) is 1. The molecule has 3 rings (SSSR count). The van der Waals surface area contributed by atoms with Crippen LogP contribution in [0.2, 0.25) is 0 Å². The summed E-state index contributed by atoms with van der Waals surface area (Å²) < 4.78 is 0. The fourth-order valence-electron chi connectivity index (χ4n) is 3.17. The molecule has 2 amide bonds. The molecule has 146 valence electrons. The minimum atomic E-state index is -0.0768. The van der Waals surface area contributed by atoms with Crippen LogP contribution in [0.25, 0.3) is 0 Å². The van der Waals surface area contributed by atoms with Gasteiger partial charge in [-0.15, -0.1) is 23.7 Å². The number of carbonyl (C=O) groups excluding carboxylic acids is 2. The minimum Gasteiger partial charge on any atom is -0.347 e. The maximum atomic E-state index is 12.7. The quantitative estimate of drug-likeness (QED) is 0.816. The van der Waals surface area contributed by atoms with Gasteiger partial charge in [0.05, 0.1) is 4.88 Å². The maximum Gasteiger partial charge on any atom is 0.261 e. The predicted octanol–water partition coefficient (Wildman–Crippen LogP) is 3.30. The van der Waals surface area contributed by atoms with Gasteiger partial charge in [-0.2, -0.15) is 0 Å². The smallest absolute Gasteiger partial charge is 0.261 e. The molecule has 1 aromatic heterocycles. The summed E-state index contributed by atoms with van der Waals surface area (Å²) in [6.45, 7) is 6.03. The molecule has 1 aliphatic heterocycles. The molecule has 1 saturated heterocycles. The molecule has 0 radical (unpaired) electrons. The molecule has 1 fully saturated rings. The molecule has 3 N–H and O–H groups in total. The second-order valence-corrected chi connectivity index (χ2v) is 8.42. The van der Waals surface area contributed by atoms with Crippen LogP contribution in [-0.2, 0) is 6.54 Å². The third kappa shape index (κ3) is 5.09. The minimum absolute atomic E-state index is 0. The molecular weight excluding hydrogens is 382 g/mol. The molecule has 7 heteroatoms. The van der Waals surface area contributed by atoms with E-state index in [0.717, 1.165) is 12.0 Å². The topological polar surface area (TPSA) is 75.4 Å². The first-order chi connectivity index (χ1) is 12.4. The van der Waals surface area contributed by atoms with Crippen molar-refractivity contribution in [2.45, 2.75) is 32.9 Å². The summed E-state index contributed by atoms with van der Waals surface area (Å²) in [5, 5.41) is 4.77. The fraction of sp³-hybridized carbons (Fsp3) is 0.400. The van der Waals surface area contributed by atoms with Crippen LogP contribution < -0.4 is 11.1 Å². The van der Waals surface area contributed by atoms with Gasteiger partial charge in [-0.05, 0) is 41.0 Å². The summed E-state index contributed by atoms with van der Waals surface area (Å²) in [6, 6.07) is 11.2. The van der Waals surface area contributed by atoms with Gasteiger partial charge in [0, 0.05) is 31.2 Å². The lowest BCUT2D eigenvalue weighted by Gasteiger charge is -2.42. The Morgan fingerprint density at radius 2 is 1.96 bits per heavy atom. The van der Waals surface area contributed by atoms with Gasteiger partial charge in [0.25, 0.3) is 11.8 Å². The largest absolute Gasteiger partial charge is 0.347 e. The Bertz CT molecular complexity index is 775. The van der Waals surface area contributed by atoms with Crippen LogP contribution in [-0.4, -0.2) is 35.8 Å². The molecule has 1 atom stereocenters. The Balaban J connectivity index is 0.00000261. The maximum absolute atomic E-state index is 12.7. The average Bonchev–Trinajstić information content (AvgIpc) is 3.16. The van der Waals surface area contributed by atoms with E-state index in [1.165, 1.54) is 11.3 Å². The van der Waals surface area contributed by atoms with Gasteiger partial charge in [0.15, 0.2) is 0 Å². The van der Waals surface area contributed by atoms with E-state index < -0.39 is 0 Å². The van der Waals surface area contributed by atoms with Crippen LogP contribution in [0.5, 0.6) is 0 Å². The molecular formula is C20H26ClN3O2S. The molecule has 27 heavy (non-hydrogen) atoms. The van der Waals surface area contributed by atoms with E-state index in [1.807, 2.05) is 40.6 Å². The van der Waals surface area contributed by atoms with E-state index in [1.54, 1.807) is 6.07 Å². The van der Waals surface area contributed by atoms with Crippen LogP contribution in [0.1, 0.15) is 45.9 Å². The van der Waals surface area contributed by atoms with Crippen molar-refractivity contribution >= 4 is 35.6 Å². The lowest BCUT2D eigenvalue weighted by molar-refractivity contribution is 0.0533. The highest BCUT2D eigenvalue weighted by Gasteiger charge is 2.35. The SMILES string of the molecule is CC1(C)CN(C(=O)c2ccc(CNC(=O)c3cccs3)cc2)CCC1N.Cl. The van der Waals surface area contributed by atoms with E-state index in [0.29, 0.717) is 30.1 Å². The molecule has 2 heterocycles. The summed E-state index contributed by atoms with van der Waals surface area (Å²) >= 11 is 1.42. The molecule has 1 aliphatic rings. The van der Waals surface area contributed by atoms with Crippen molar-refractivity contribution in [3.8, 4) is 0 Å². The number of hydrogen-bond donors (Lipinski definition) is 2. The van der Waals surface area contributed by atoms with Gasteiger partial charge in [-0.3, -0.25) is 9.59 Å². The van der Waals surface area contributed by atoms with Gasteiger partial charge in [-0.25, -0.2) is 0 Å². The summed E-state index contributed by atoms with van der Waals surface area (Å²) in [5.74, 6) is -0.0359. The molecule has 5 nitrogen and oxygen atoms in total. The Kier molecular flexibility index (Phi) is 7.03. The molecule has 0 spiro atoms.